The molecular formula is C24H27ClO. The third-order valence-electron chi connectivity index (χ3n) is 5.80. The Bertz CT molecular complexity index is 815. The number of alkyl halides is 1. The summed E-state index contributed by atoms with van der Waals surface area (Å²) >= 11 is 5.87. The van der Waals surface area contributed by atoms with E-state index in [1.807, 2.05) is 0 Å². The fraction of sp³-hybridized carbons (Fsp3) is 0.417. The lowest BCUT2D eigenvalue weighted by Crippen LogP contribution is -2.09. The molecule has 0 amide bonds. The lowest BCUT2D eigenvalue weighted by molar-refractivity contribution is 0.341. The zero-order valence-electron chi connectivity index (χ0n) is 15.6. The fourth-order valence-corrected chi connectivity index (χ4v) is 4.75. The smallest absolute Gasteiger partial charge is 0.126 e. The molecule has 2 heteroatoms. The topological polar surface area (TPSA) is 9.23 Å². The van der Waals surface area contributed by atoms with Gasteiger partial charge in [0.15, 0.2) is 0 Å². The molecule has 0 atom stereocenters. The van der Waals surface area contributed by atoms with Gasteiger partial charge < -0.3 is 4.74 Å². The second-order valence-corrected chi connectivity index (χ2v) is 7.98. The van der Waals surface area contributed by atoms with Crippen molar-refractivity contribution in [3.8, 4) is 5.75 Å². The summed E-state index contributed by atoms with van der Waals surface area (Å²) in [7, 11) is 0. The molecular weight excluding hydrogens is 340 g/mol. The molecule has 2 aromatic carbocycles. The molecule has 1 fully saturated rings. The van der Waals surface area contributed by atoms with Crippen LogP contribution in [0.5, 0.6) is 5.75 Å². The van der Waals surface area contributed by atoms with Crippen LogP contribution < -0.4 is 4.74 Å². The van der Waals surface area contributed by atoms with E-state index in [4.69, 9.17) is 16.3 Å². The second kappa shape index (κ2) is 7.88. The van der Waals surface area contributed by atoms with Crippen LogP contribution in [0.25, 0.3) is 11.1 Å². The van der Waals surface area contributed by atoms with Crippen molar-refractivity contribution in [2.75, 3.05) is 12.5 Å². The van der Waals surface area contributed by atoms with Crippen LogP contribution in [0.15, 0.2) is 42.5 Å². The summed E-state index contributed by atoms with van der Waals surface area (Å²) in [6.45, 7) is 2.74. The van der Waals surface area contributed by atoms with E-state index in [9.17, 15) is 0 Å². The highest BCUT2D eigenvalue weighted by Crippen LogP contribution is 2.48. The third-order valence-corrected chi connectivity index (χ3v) is 5.96. The van der Waals surface area contributed by atoms with E-state index >= 15 is 0 Å². The molecule has 0 spiro atoms. The lowest BCUT2D eigenvalue weighted by atomic mass is 9.79. The van der Waals surface area contributed by atoms with Gasteiger partial charge in [-0.15, -0.1) is 11.6 Å². The summed E-state index contributed by atoms with van der Waals surface area (Å²) in [6, 6.07) is 15.5. The van der Waals surface area contributed by atoms with Crippen LogP contribution >= 0.6 is 11.6 Å². The standard InChI is InChI=1S/C24H27ClO/c1-17-11-12-20-19(15-17)16-22(24(20)18-7-3-2-4-8-18)21-9-5-6-10-23(21)26-14-13-25/h5-6,9-12,15,18H,2-4,7-8,13-14,16H2,1H3. The van der Waals surface area contributed by atoms with E-state index in [1.54, 1.807) is 5.57 Å². The molecule has 1 saturated carbocycles. The first-order chi connectivity index (χ1) is 12.8. The second-order valence-electron chi connectivity index (χ2n) is 7.60. The molecule has 0 saturated heterocycles. The van der Waals surface area contributed by atoms with Crippen molar-refractivity contribution in [1.29, 1.82) is 0 Å². The maximum Gasteiger partial charge on any atom is 0.126 e. The maximum atomic E-state index is 5.99. The van der Waals surface area contributed by atoms with Gasteiger partial charge >= 0.3 is 0 Å². The molecule has 1 nitrogen and oxygen atoms in total. The van der Waals surface area contributed by atoms with Gasteiger partial charge in [0.05, 0.1) is 5.88 Å². The number of benzene rings is 2. The van der Waals surface area contributed by atoms with Crippen molar-refractivity contribution in [2.45, 2.75) is 45.4 Å². The van der Waals surface area contributed by atoms with Gasteiger partial charge in [-0.1, -0.05) is 61.2 Å². The van der Waals surface area contributed by atoms with Crippen LogP contribution in [0, 0.1) is 12.8 Å². The lowest BCUT2D eigenvalue weighted by Gasteiger charge is -2.26. The Balaban J connectivity index is 1.81. The van der Waals surface area contributed by atoms with Gasteiger partial charge in [0.2, 0.25) is 0 Å². The predicted octanol–water partition coefficient (Wildman–Crippen LogP) is 6.66. The number of hydrogen-bond acceptors (Lipinski definition) is 1. The number of hydrogen-bond donors (Lipinski definition) is 0. The van der Waals surface area contributed by atoms with Crippen LogP contribution in [0.2, 0.25) is 0 Å². The van der Waals surface area contributed by atoms with Crippen molar-refractivity contribution in [1.82, 2.24) is 0 Å². The molecule has 2 aromatic rings. The van der Waals surface area contributed by atoms with Gasteiger partial charge in [-0.2, -0.15) is 0 Å². The monoisotopic (exact) mass is 366 g/mol. The highest BCUT2D eigenvalue weighted by atomic mass is 35.5. The van der Waals surface area contributed by atoms with E-state index in [1.165, 1.54) is 59.9 Å². The van der Waals surface area contributed by atoms with E-state index < -0.39 is 0 Å². The molecule has 0 heterocycles. The van der Waals surface area contributed by atoms with Gasteiger partial charge in [0.25, 0.3) is 0 Å². The molecule has 0 unspecified atom stereocenters. The molecule has 26 heavy (non-hydrogen) atoms. The van der Waals surface area contributed by atoms with E-state index in [0.717, 1.165) is 12.2 Å². The normalized spacial score (nSPS) is 17.5. The number of aryl methyl sites for hydroxylation is 1. The number of halogens is 1. The third kappa shape index (κ3) is 3.42. The highest BCUT2D eigenvalue weighted by Gasteiger charge is 2.30. The average Bonchev–Trinajstić information content (AvgIpc) is 3.05. The van der Waals surface area contributed by atoms with Crippen LogP contribution in [0.4, 0.5) is 0 Å². The van der Waals surface area contributed by atoms with Crippen molar-refractivity contribution < 1.29 is 4.74 Å². The van der Waals surface area contributed by atoms with Gasteiger partial charge in [0.1, 0.15) is 12.4 Å². The molecule has 136 valence electrons. The minimum absolute atomic E-state index is 0.516. The molecule has 2 aliphatic rings. The van der Waals surface area contributed by atoms with E-state index in [-0.39, 0.29) is 0 Å². The Kier molecular flexibility index (Phi) is 5.36. The Labute approximate surface area is 162 Å². The zero-order chi connectivity index (χ0) is 17.9. The highest BCUT2D eigenvalue weighted by molar-refractivity contribution is 6.18. The van der Waals surface area contributed by atoms with Gasteiger partial charge in [-0.05, 0) is 60.4 Å². The van der Waals surface area contributed by atoms with Crippen LogP contribution in [0.1, 0.15) is 54.4 Å². The Hall–Kier alpha value is -1.73. The van der Waals surface area contributed by atoms with Gasteiger partial charge in [-0.25, -0.2) is 0 Å². The number of allylic oxidation sites excluding steroid dienone is 2. The van der Waals surface area contributed by atoms with Crippen molar-refractivity contribution in [2.24, 2.45) is 5.92 Å². The fourth-order valence-electron chi connectivity index (χ4n) is 4.67. The molecule has 0 aromatic heterocycles. The van der Waals surface area contributed by atoms with Crippen molar-refractivity contribution in [3.63, 3.8) is 0 Å². The Morgan fingerprint density at radius 1 is 1.00 bits per heavy atom. The number of para-hydroxylation sites is 1. The largest absolute Gasteiger partial charge is 0.492 e. The summed E-state index contributed by atoms with van der Waals surface area (Å²) in [5.41, 5.74) is 8.62. The van der Waals surface area contributed by atoms with Crippen LogP contribution in [-0.4, -0.2) is 12.5 Å². The van der Waals surface area contributed by atoms with Crippen molar-refractivity contribution in [3.05, 3.63) is 64.7 Å². The molecule has 0 radical (unpaired) electrons. The van der Waals surface area contributed by atoms with Crippen LogP contribution in [0.3, 0.4) is 0 Å². The minimum atomic E-state index is 0.516. The zero-order valence-corrected chi connectivity index (χ0v) is 16.3. The molecule has 0 N–H and O–H groups in total. The van der Waals surface area contributed by atoms with Crippen LogP contribution in [-0.2, 0) is 6.42 Å². The first-order valence-electron chi connectivity index (χ1n) is 9.89. The summed E-state index contributed by atoms with van der Waals surface area (Å²) in [5.74, 6) is 2.17. The molecule has 0 aliphatic heterocycles. The van der Waals surface area contributed by atoms with E-state index in [2.05, 4.69) is 49.4 Å². The number of ether oxygens (including phenoxy) is 1. The summed E-state index contributed by atoms with van der Waals surface area (Å²) < 4.78 is 5.99. The van der Waals surface area contributed by atoms with Gasteiger partial charge in [0, 0.05) is 5.56 Å². The van der Waals surface area contributed by atoms with Gasteiger partial charge in [-0.3, -0.25) is 0 Å². The summed E-state index contributed by atoms with van der Waals surface area (Å²) in [4.78, 5) is 0. The summed E-state index contributed by atoms with van der Waals surface area (Å²) in [6.07, 6.45) is 7.74. The number of fused-ring (bicyclic) bond motifs is 1. The predicted molar refractivity (Wildman–Crippen MR) is 111 cm³/mol. The Morgan fingerprint density at radius 3 is 2.62 bits per heavy atom. The molecule has 4 rings (SSSR count). The molecule has 0 bridgehead atoms. The quantitative estimate of drug-likeness (QED) is 0.537. The first-order valence-corrected chi connectivity index (χ1v) is 10.4. The first kappa shape index (κ1) is 17.7. The SMILES string of the molecule is Cc1ccc2c(c1)CC(c1ccccc1OCCCl)=C2C1CCCCC1. The average molecular weight is 367 g/mol. The van der Waals surface area contributed by atoms with Crippen molar-refractivity contribution >= 4 is 22.7 Å². The van der Waals surface area contributed by atoms with E-state index in [0.29, 0.717) is 18.4 Å². The molecule has 2 aliphatic carbocycles. The Morgan fingerprint density at radius 2 is 1.81 bits per heavy atom. The maximum absolute atomic E-state index is 5.99. The summed E-state index contributed by atoms with van der Waals surface area (Å²) in [5, 5.41) is 0. The minimum Gasteiger partial charge on any atom is -0.492 e. The number of rotatable bonds is 5.